The van der Waals surface area contributed by atoms with Crippen molar-refractivity contribution in [2.45, 2.75) is 37.7 Å². The molecular weight excluding hydrogens is 416 g/mol. The second-order valence-corrected chi connectivity index (χ2v) is 9.66. The molecule has 1 fully saturated rings. The highest BCUT2D eigenvalue weighted by atomic mass is 16.3. The van der Waals surface area contributed by atoms with Crippen LogP contribution < -0.4 is 0 Å². The second kappa shape index (κ2) is 9.04. The van der Waals surface area contributed by atoms with Crippen LogP contribution in [-0.4, -0.2) is 10.9 Å². The molecule has 34 heavy (non-hydrogen) atoms. The highest BCUT2D eigenvalue weighted by molar-refractivity contribution is 6.00. The Bertz CT molecular complexity index is 1260. The van der Waals surface area contributed by atoms with E-state index in [0.717, 1.165) is 27.8 Å². The van der Waals surface area contributed by atoms with Gasteiger partial charge in [0.2, 0.25) is 0 Å². The summed E-state index contributed by atoms with van der Waals surface area (Å²) in [5.74, 6) is -0.751. The Morgan fingerprint density at radius 3 is 1.76 bits per heavy atom. The minimum absolute atomic E-state index is 0.00430. The molecule has 1 aliphatic rings. The molecular formula is C32H30O2. The van der Waals surface area contributed by atoms with Gasteiger partial charge in [-0.25, -0.2) is 0 Å². The maximum absolute atomic E-state index is 14.2. The number of hydrogen-bond donors (Lipinski definition) is 1. The Balaban J connectivity index is 1.72. The fraction of sp³-hybridized carbons (Fsp3) is 0.219. The molecule has 1 saturated carbocycles. The Morgan fingerprint density at radius 1 is 0.706 bits per heavy atom. The van der Waals surface area contributed by atoms with Crippen molar-refractivity contribution in [1.82, 2.24) is 0 Å². The third-order valence-corrected chi connectivity index (χ3v) is 7.42. The first kappa shape index (κ1) is 22.3. The fourth-order valence-electron chi connectivity index (χ4n) is 5.66. The van der Waals surface area contributed by atoms with Gasteiger partial charge in [0.25, 0.3) is 0 Å². The van der Waals surface area contributed by atoms with E-state index in [9.17, 15) is 9.90 Å². The van der Waals surface area contributed by atoms with Crippen LogP contribution in [0.4, 0.5) is 0 Å². The number of benzene rings is 4. The molecule has 4 aromatic rings. The lowest BCUT2D eigenvalue weighted by Crippen LogP contribution is -2.38. The molecule has 4 atom stereocenters. The number of aliphatic hydroxyl groups is 1. The van der Waals surface area contributed by atoms with Gasteiger partial charge in [0.1, 0.15) is 5.60 Å². The Morgan fingerprint density at radius 2 is 1.21 bits per heavy atom. The van der Waals surface area contributed by atoms with E-state index in [1.807, 2.05) is 98.8 Å². The first-order valence-electron chi connectivity index (χ1n) is 12.0. The molecule has 0 amide bonds. The first-order chi connectivity index (χ1) is 16.5. The highest BCUT2D eigenvalue weighted by Crippen LogP contribution is 2.59. The second-order valence-electron chi connectivity index (χ2n) is 9.66. The van der Waals surface area contributed by atoms with Crippen molar-refractivity contribution >= 4 is 5.78 Å². The van der Waals surface area contributed by atoms with Gasteiger partial charge in [-0.1, -0.05) is 120 Å². The van der Waals surface area contributed by atoms with Crippen molar-refractivity contribution in [3.8, 4) is 0 Å². The van der Waals surface area contributed by atoms with E-state index in [0.29, 0.717) is 12.0 Å². The predicted molar refractivity (Wildman–Crippen MR) is 137 cm³/mol. The third kappa shape index (κ3) is 3.99. The summed E-state index contributed by atoms with van der Waals surface area (Å²) in [4.78, 5) is 14.2. The molecule has 1 N–H and O–H groups in total. The van der Waals surface area contributed by atoms with E-state index >= 15 is 0 Å². The molecule has 0 spiro atoms. The molecule has 5 rings (SSSR count). The van der Waals surface area contributed by atoms with E-state index in [2.05, 4.69) is 24.3 Å². The van der Waals surface area contributed by atoms with Crippen LogP contribution >= 0.6 is 0 Å². The summed E-state index contributed by atoms with van der Waals surface area (Å²) in [5, 5.41) is 12.4. The Kier molecular flexibility index (Phi) is 5.93. The van der Waals surface area contributed by atoms with E-state index in [1.54, 1.807) is 0 Å². The van der Waals surface area contributed by atoms with E-state index in [-0.39, 0.29) is 17.6 Å². The summed E-state index contributed by atoms with van der Waals surface area (Å²) >= 11 is 0. The maximum Gasteiger partial charge on any atom is 0.169 e. The maximum atomic E-state index is 14.2. The monoisotopic (exact) mass is 446 g/mol. The molecule has 0 heterocycles. The van der Waals surface area contributed by atoms with E-state index in [1.165, 1.54) is 0 Å². The summed E-state index contributed by atoms with van der Waals surface area (Å²) in [6, 6.07) is 36.3. The number of rotatable bonds is 5. The lowest BCUT2D eigenvalue weighted by molar-refractivity contribution is -0.000259. The van der Waals surface area contributed by atoms with Crippen LogP contribution in [0.3, 0.4) is 0 Å². The number of aryl methyl sites for hydroxylation is 2. The van der Waals surface area contributed by atoms with Gasteiger partial charge >= 0.3 is 0 Å². The number of carbonyl (C=O) groups is 1. The van der Waals surface area contributed by atoms with Crippen LogP contribution in [0.2, 0.25) is 0 Å². The molecule has 0 saturated heterocycles. The average molecular weight is 447 g/mol. The SMILES string of the molecule is Cc1ccc(C(=O)[C@@H]2[C@@H](c3ccccc3)[C@H](c3ccccc3)C[C@@]2(O)c2ccc(C)cc2)cc1. The zero-order valence-electron chi connectivity index (χ0n) is 19.7. The van der Waals surface area contributed by atoms with Crippen molar-refractivity contribution in [3.05, 3.63) is 143 Å². The highest BCUT2D eigenvalue weighted by Gasteiger charge is 2.57. The number of Topliss-reactive ketones (excluding diaryl/α,β-unsaturated/α-hetero) is 1. The van der Waals surface area contributed by atoms with Gasteiger partial charge in [0, 0.05) is 11.5 Å². The molecule has 2 nitrogen and oxygen atoms in total. The first-order valence-corrected chi connectivity index (χ1v) is 12.0. The molecule has 0 unspecified atom stereocenters. The van der Waals surface area contributed by atoms with Crippen LogP contribution in [0.25, 0.3) is 0 Å². The lowest BCUT2D eigenvalue weighted by Gasteiger charge is -2.33. The smallest absolute Gasteiger partial charge is 0.169 e. The van der Waals surface area contributed by atoms with Gasteiger partial charge in [0.15, 0.2) is 5.78 Å². The summed E-state index contributed by atoms with van der Waals surface area (Å²) in [6.45, 7) is 4.06. The minimum Gasteiger partial charge on any atom is -0.384 e. The number of carbonyl (C=O) groups excluding carboxylic acids is 1. The van der Waals surface area contributed by atoms with Crippen LogP contribution in [-0.2, 0) is 5.60 Å². The minimum atomic E-state index is -1.28. The summed E-state index contributed by atoms with van der Waals surface area (Å²) in [7, 11) is 0. The van der Waals surface area contributed by atoms with Crippen molar-refractivity contribution in [1.29, 1.82) is 0 Å². The van der Waals surface area contributed by atoms with Crippen molar-refractivity contribution in [2.24, 2.45) is 5.92 Å². The predicted octanol–water partition coefficient (Wildman–Crippen LogP) is 6.96. The summed E-state index contributed by atoms with van der Waals surface area (Å²) in [6.07, 6.45) is 0.488. The lowest BCUT2D eigenvalue weighted by atomic mass is 9.73. The molecule has 170 valence electrons. The molecule has 0 aliphatic heterocycles. The standard InChI is InChI=1S/C32H30O2/c1-22-13-17-26(18-14-22)31(33)30-29(25-11-7-4-8-12-25)28(24-9-5-3-6-10-24)21-32(30,34)27-19-15-23(2)16-20-27/h3-20,28-30,34H,21H2,1-2H3/t28-,29-,30-,32+/m0/s1. The van der Waals surface area contributed by atoms with Crippen LogP contribution in [0.15, 0.2) is 109 Å². The Labute approximate surface area is 201 Å². The normalized spacial score (nSPS) is 24.1. The van der Waals surface area contributed by atoms with Gasteiger partial charge in [-0.05, 0) is 42.9 Å². The fourth-order valence-corrected chi connectivity index (χ4v) is 5.66. The van der Waals surface area contributed by atoms with Gasteiger partial charge in [-0.2, -0.15) is 0 Å². The molecule has 1 aliphatic carbocycles. The van der Waals surface area contributed by atoms with Gasteiger partial charge in [-0.15, -0.1) is 0 Å². The zero-order chi connectivity index (χ0) is 23.7. The van der Waals surface area contributed by atoms with Crippen LogP contribution in [0, 0.1) is 19.8 Å². The molecule has 0 aromatic heterocycles. The molecule has 0 bridgehead atoms. The summed E-state index contributed by atoms with van der Waals surface area (Å²) < 4.78 is 0. The topological polar surface area (TPSA) is 37.3 Å². The molecule has 0 radical (unpaired) electrons. The van der Waals surface area contributed by atoms with Crippen LogP contribution in [0.1, 0.15) is 56.4 Å². The van der Waals surface area contributed by atoms with Gasteiger partial charge in [0.05, 0.1) is 5.92 Å². The van der Waals surface area contributed by atoms with E-state index < -0.39 is 11.5 Å². The van der Waals surface area contributed by atoms with Crippen molar-refractivity contribution < 1.29 is 9.90 Å². The third-order valence-electron chi connectivity index (χ3n) is 7.42. The average Bonchev–Trinajstić information content (AvgIpc) is 3.19. The van der Waals surface area contributed by atoms with Gasteiger partial charge in [-0.3, -0.25) is 4.79 Å². The van der Waals surface area contributed by atoms with Crippen molar-refractivity contribution in [2.75, 3.05) is 0 Å². The van der Waals surface area contributed by atoms with Gasteiger partial charge < -0.3 is 5.11 Å². The van der Waals surface area contributed by atoms with E-state index in [4.69, 9.17) is 0 Å². The number of ketones is 1. The number of hydrogen-bond acceptors (Lipinski definition) is 2. The quantitative estimate of drug-likeness (QED) is 0.336. The summed E-state index contributed by atoms with van der Waals surface area (Å²) in [5.41, 5.74) is 4.66. The molecule has 4 aromatic carbocycles. The molecule has 2 heteroatoms. The zero-order valence-corrected chi connectivity index (χ0v) is 19.7. The van der Waals surface area contributed by atoms with Crippen molar-refractivity contribution in [3.63, 3.8) is 0 Å². The van der Waals surface area contributed by atoms with Crippen LogP contribution in [0.5, 0.6) is 0 Å². The Hall–Kier alpha value is -3.49. The largest absolute Gasteiger partial charge is 0.384 e.